The molecule has 1 aliphatic rings. The van der Waals surface area contributed by atoms with Gasteiger partial charge in [0.05, 0.1) is 0 Å². The average Bonchev–Trinajstić information content (AvgIpc) is 2.32. The van der Waals surface area contributed by atoms with Crippen molar-refractivity contribution in [2.75, 3.05) is 0 Å². The second-order valence-corrected chi connectivity index (χ2v) is 4.85. The first-order chi connectivity index (χ1) is 7.11. The van der Waals surface area contributed by atoms with Crippen LogP contribution in [0.4, 0.5) is 0 Å². The van der Waals surface area contributed by atoms with Crippen LogP contribution in [-0.4, -0.2) is 5.71 Å². The van der Waals surface area contributed by atoms with Crippen molar-refractivity contribution in [2.45, 2.75) is 33.1 Å². The smallest absolute Gasteiger partial charge is 0.0194 e. The molecule has 0 spiro atoms. The molecule has 15 heavy (non-hydrogen) atoms. The quantitative estimate of drug-likeness (QED) is 0.620. The Kier molecular flexibility index (Phi) is 2.64. The highest BCUT2D eigenvalue weighted by atomic mass is 14.5. The summed E-state index contributed by atoms with van der Waals surface area (Å²) in [7, 11) is 0. The minimum absolute atomic E-state index is 0.293. The predicted molar refractivity (Wildman–Crippen MR) is 64.6 cm³/mol. The number of rotatable bonds is 0. The first kappa shape index (κ1) is 10.4. The summed E-state index contributed by atoms with van der Waals surface area (Å²) < 4.78 is 0. The normalized spacial score (nSPS) is 30.9. The standard InChI is InChI=1S/C14H19N/c1-9-8-12-6-4-5-7-13(12)11(3)14(15)10(9)2/h4-7,9-11,15H,8H2,1-3H3. The molecule has 2 rings (SSSR count). The van der Waals surface area contributed by atoms with Gasteiger partial charge in [-0.1, -0.05) is 45.0 Å². The molecule has 0 bridgehead atoms. The van der Waals surface area contributed by atoms with E-state index in [1.807, 2.05) is 0 Å². The van der Waals surface area contributed by atoms with Crippen LogP contribution in [0.25, 0.3) is 0 Å². The molecular weight excluding hydrogens is 182 g/mol. The van der Waals surface area contributed by atoms with Gasteiger partial charge in [0.15, 0.2) is 0 Å². The van der Waals surface area contributed by atoms with Gasteiger partial charge in [-0.15, -0.1) is 0 Å². The molecule has 1 aromatic rings. The largest absolute Gasteiger partial charge is 0.309 e. The summed E-state index contributed by atoms with van der Waals surface area (Å²) in [5, 5.41) is 8.20. The zero-order valence-electron chi connectivity index (χ0n) is 9.75. The number of hydrogen-bond donors (Lipinski definition) is 1. The van der Waals surface area contributed by atoms with E-state index in [9.17, 15) is 0 Å². The highest BCUT2D eigenvalue weighted by Gasteiger charge is 2.28. The van der Waals surface area contributed by atoms with Gasteiger partial charge in [0.2, 0.25) is 0 Å². The lowest BCUT2D eigenvalue weighted by atomic mass is 9.86. The Labute approximate surface area is 92.0 Å². The maximum atomic E-state index is 8.20. The minimum Gasteiger partial charge on any atom is -0.309 e. The first-order valence-corrected chi connectivity index (χ1v) is 5.77. The maximum Gasteiger partial charge on any atom is 0.0194 e. The molecule has 80 valence electrons. The number of nitrogens with one attached hydrogen (secondary N) is 1. The van der Waals surface area contributed by atoms with E-state index in [2.05, 4.69) is 45.0 Å². The molecule has 0 heterocycles. The van der Waals surface area contributed by atoms with Crippen LogP contribution in [0.1, 0.15) is 37.8 Å². The van der Waals surface area contributed by atoms with Crippen LogP contribution in [0.5, 0.6) is 0 Å². The van der Waals surface area contributed by atoms with Gasteiger partial charge in [-0.3, -0.25) is 0 Å². The van der Waals surface area contributed by atoms with Gasteiger partial charge < -0.3 is 5.41 Å². The van der Waals surface area contributed by atoms with Gasteiger partial charge in [0, 0.05) is 11.6 Å². The Morgan fingerprint density at radius 2 is 1.80 bits per heavy atom. The number of hydrogen-bond acceptors (Lipinski definition) is 1. The van der Waals surface area contributed by atoms with Crippen LogP contribution < -0.4 is 0 Å². The number of benzene rings is 1. The van der Waals surface area contributed by atoms with Crippen molar-refractivity contribution in [3.05, 3.63) is 35.4 Å². The Morgan fingerprint density at radius 3 is 2.53 bits per heavy atom. The van der Waals surface area contributed by atoms with Crippen LogP contribution >= 0.6 is 0 Å². The molecule has 1 heteroatoms. The first-order valence-electron chi connectivity index (χ1n) is 5.77. The van der Waals surface area contributed by atoms with Crippen LogP contribution in [0.3, 0.4) is 0 Å². The Balaban J connectivity index is 2.49. The third kappa shape index (κ3) is 1.71. The van der Waals surface area contributed by atoms with Crippen molar-refractivity contribution in [1.82, 2.24) is 0 Å². The molecular formula is C14H19N. The Morgan fingerprint density at radius 1 is 1.13 bits per heavy atom. The van der Waals surface area contributed by atoms with Crippen LogP contribution in [0, 0.1) is 17.2 Å². The van der Waals surface area contributed by atoms with Gasteiger partial charge in [-0.25, -0.2) is 0 Å². The van der Waals surface area contributed by atoms with E-state index in [1.165, 1.54) is 11.1 Å². The molecule has 0 saturated heterocycles. The fourth-order valence-electron chi connectivity index (χ4n) is 2.53. The molecule has 3 unspecified atom stereocenters. The van der Waals surface area contributed by atoms with E-state index in [1.54, 1.807) is 0 Å². The summed E-state index contributed by atoms with van der Waals surface area (Å²) in [4.78, 5) is 0. The highest BCUT2D eigenvalue weighted by Crippen LogP contribution is 2.33. The van der Waals surface area contributed by atoms with Gasteiger partial charge in [-0.2, -0.15) is 0 Å². The summed E-state index contributed by atoms with van der Waals surface area (Å²) in [6, 6.07) is 8.59. The molecule has 1 aromatic carbocycles. The van der Waals surface area contributed by atoms with Gasteiger partial charge in [-0.05, 0) is 29.4 Å². The molecule has 0 fully saturated rings. The molecule has 0 radical (unpaired) electrons. The van der Waals surface area contributed by atoms with Crippen LogP contribution in [-0.2, 0) is 6.42 Å². The van der Waals surface area contributed by atoms with Crippen LogP contribution in [0.15, 0.2) is 24.3 Å². The van der Waals surface area contributed by atoms with Crippen molar-refractivity contribution >= 4 is 5.71 Å². The van der Waals surface area contributed by atoms with Crippen molar-refractivity contribution in [3.8, 4) is 0 Å². The second-order valence-electron chi connectivity index (χ2n) is 4.85. The maximum absolute atomic E-state index is 8.20. The predicted octanol–water partition coefficient (Wildman–Crippen LogP) is 3.64. The lowest BCUT2D eigenvalue weighted by molar-refractivity contribution is 0.481. The van der Waals surface area contributed by atoms with E-state index < -0.39 is 0 Å². The fourth-order valence-corrected chi connectivity index (χ4v) is 2.53. The van der Waals surface area contributed by atoms with E-state index in [0.717, 1.165) is 12.1 Å². The summed E-state index contributed by atoms with van der Waals surface area (Å²) >= 11 is 0. The zero-order chi connectivity index (χ0) is 11.0. The molecule has 1 aliphatic carbocycles. The van der Waals surface area contributed by atoms with Crippen molar-refractivity contribution in [1.29, 1.82) is 5.41 Å². The topological polar surface area (TPSA) is 23.9 Å². The summed E-state index contributed by atoms with van der Waals surface area (Å²) in [6.45, 7) is 6.61. The van der Waals surface area contributed by atoms with Crippen LogP contribution in [0.2, 0.25) is 0 Å². The lowest BCUT2D eigenvalue weighted by Gasteiger charge is -2.19. The van der Waals surface area contributed by atoms with E-state index in [0.29, 0.717) is 17.8 Å². The van der Waals surface area contributed by atoms with E-state index in [4.69, 9.17) is 5.41 Å². The van der Waals surface area contributed by atoms with Gasteiger partial charge in [0.1, 0.15) is 0 Å². The van der Waals surface area contributed by atoms with Gasteiger partial charge in [0.25, 0.3) is 0 Å². The monoisotopic (exact) mass is 201 g/mol. The van der Waals surface area contributed by atoms with Gasteiger partial charge >= 0.3 is 0 Å². The molecule has 0 saturated carbocycles. The summed E-state index contributed by atoms with van der Waals surface area (Å²) in [5.74, 6) is 1.29. The van der Waals surface area contributed by atoms with E-state index >= 15 is 0 Å². The third-order valence-electron chi connectivity index (χ3n) is 3.87. The third-order valence-corrected chi connectivity index (χ3v) is 3.87. The molecule has 1 N–H and O–H groups in total. The summed E-state index contributed by atoms with van der Waals surface area (Å²) in [5.41, 5.74) is 3.69. The molecule has 3 atom stereocenters. The van der Waals surface area contributed by atoms with Crippen molar-refractivity contribution in [2.24, 2.45) is 11.8 Å². The summed E-state index contributed by atoms with van der Waals surface area (Å²) in [6.07, 6.45) is 1.12. The second kappa shape index (κ2) is 3.80. The Bertz CT molecular complexity index is 381. The molecule has 1 nitrogen and oxygen atoms in total. The highest BCUT2D eigenvalue weighted by molar-refractivity contribution is 5.90. The average molecular weight is 201 g/mol. The molecule has 0 amide bonds. The zero-order valence-corrected chi connectivity index (χ0v) is 9.75. The van der Waals surface area contributed by atoms with Crippen molar-refractivity contribution in [3.63, 3.8) is 0 Å². The van der Waals surface area contributed by atoms with E-state index in [-0.39, 0.29) is 0 Å². The molecule has 0 aliphatic heterocycles. The van der Waals surface area contributed by atoms with Crippen molar-refractivity contribution < 1.29 is 0 Å². The number of fused-ring (bicyclic) bond motifs is 1. The molecule has 0 aromatic heterocycles. The Hall–Kier alpha value is -1.11. The fraction of sp³-hybridized carbons (Fsp3) is 0.500. The lowest BCUT2D eigenvalue weighted by Crippen LogP contribution is -2.20. The SMILES string of the molecule is CC1C(=N)C(C)C(C)Cc2ccccc21. The minimum atomic E-state index is 0.293.